The van der Waals surface area contributed by atoms with Gasteiger partial charge in [-0.05, 0) is 64.3 Å². The van der Waals surface area contributed by atoms with Gasteiger partial charge in [-0.15, -0.1) is 0 Å². The van der Waals surface area contributed by atoms with Crippen molar-refractivity contribution in [1.29, 1.82) is 0 Å². The third kappa shape index (κ3) is 4.74. The van der Waals surface area contributed by atoms with Crippen molar-refractivity contribution in [3.8, 4) is 0 Å². The van der Waals surface area contributed by atoms with E-state index in [4.69, 9.17) is 0 Å². The smallest absolute Gasteiger partial charge is 0.228 e. The van der Waals surface area contributed by atoms with Gasteiger partial charge in [-0.25, -0.2) is 0 Å². The molecule has 0 spiro atoms. The molecule has 0 heterocycles. The standard InChI is InChI=1S/C20H31N3O2/c1-6-14(5)21-19(24)16-12-17(16)20(25)22-18-10-9-15(11-13(18)4)23(7-2)8-3/h9-11,14,16-17H,6-8,12H2,1-5H3,(H,21,24)(H,22,25). The lowest BCUT2D eigenvalue weighted by molar-refractivity contribution is -0.125. The maximum Gasteiger partial charge on any atom is 0.228 e. The Kier molecular flexibility index (Phi) is 6.45. The second kappa shape index (κ2) is 8.37. The first-order chi connectivity index (χ1) is 11.9. The van der Waals surface area contributed by atoms with Crippen LogP contribution in [0.25, 0.3) is 0 Å². The molecule has 25 heavy (non-hydrogen) atoms. The molecule has 138 valence electrons. The molecule has 0 saturated heterocycles. The molecule has 1 aromatic carbocycles. The number of nitrogens with zero attached hydrogens (tertiary/aromatic N) is 1. The summed E-state index contributed by atoms with van der Waals surface area (Å²) < 4.78 is 0. The molecule has 1 aliphatic carbocycles. The Morgan fingerprint density at radius 2 is 1.80 bits per heavy atom. The summed E-state index contributed by atoms with van der Waals surface area (Å²) >= 11 is 0. The van der Waals surface area contributed by atoms with Crippen LogP contribution in [-0.2, 0) is 9.59 Å². The third-order valence-corrected chi connectivity index (χ3v) is 5.06. The molecule has 2 amide bonds. The second-order valence-corrected chi connectivity index (χ2v) is 6.93. The zero-order chi connectivity index (χ0) is 18.6. The van der Waals surface area contributed by atoms with Crippen LogP contribution in [0.2, 0.25) is 0 Å². The molecule has 5 heteroatoms. The predicted molar refractivity (Wildman–Crippen MR) is 103 cm³/mol. The Labute approximate surface area is 151 Å². The summed E-state index contributed by atoms with van der Waals surface area (Å²) in [5.74, 6) is -0.429. The van der Waals surface area contributed by atoms with Gasteiger partial charge in [-0.3, -0.25) is 9.59 Å². The fourth-order valence-corrected chi connectivity index (χ4v) is 3.03. The van der Waals surface area contributed by atoms with Gasteiger partial charge in [0.25, 0.3) is 0 Å². The minimum Gasteiger partial charge on any atom is -0.372 e. The van der Waals surface area contributed by atoms with Gasteiger partial charge in [0.1, 0.15) is 0 Å². The Morgan fingerprint density at radius 3 is 2.36 bits per heavy atom. The van der Waals surface area contributed by atoms with Crippen molar-refractivity contribution in [1.82, 2.24) is 5.32 Å². The predicted octanol–water partition coefficient (Wildman–Crippen LogP) is 3.33. The molecule has 1 fully saturated rings. The van der Waals surface area contributed by atoms with Crippen LogP contribution < -0.4 is 15.5 Å². The van der Waals surface area contributed by atoms with Crippen LogP contribution in [0.3, 0.4) is 0 Å². The van der Waals surface area contributed by atoms with Gasteiger partial charge >= 0.3 is 0 Å². The lowest BCUT2D eigenvalue weighted by Crippen LogP contribution is -2.34. The van der Waals surface area contributed by atoms with Crippen molar-refractivity contribution in [2.45, 2.75) is 53.5 Å². The summed E-state index contributed by atoms with van der Waals surface area (Å²) in [6.45, 7) is 12.2. The van der Waals surface area contributed by atoms with E-state index in [0.29, 0.717) is 6.42 Å². The summed E-state index contributed by atoms with van der Waals surface area (Å²) in [7, 11) is 0. The maximum absolute atomic E-state index is 12.4. The summed E-state index contributed by atoms with van der Waals surface area (Å²) in [4.78, 5) is 26.8. The number of rotatable bonds is 8. The van der Waals surface area contributed by atoms with Crippen molar-refractivity contribution >= 4 is 23.2 Å². The minimum absolute atomic E-state index is 0.00287. The van der Waals surface area contributed by atoms with Crippen LogP contribution in [0.15, 0.2) is 18.2 Å². The number of hydrogen-bond donors (Lipinski definition) is 2. The van der Waals surface area contributed by atoms with Crippen molar-refractivity contribution in [3.63, 3.8) is 0 Å². The van der Waals surface area contributed by atoms with E-state index in [1.807, 2.05) is 32.9 Å². The summed E-state index contributed by atoms with van der Waals surface area (Å²) in [5.41, 5.74) is 3.03. The first kappa shape index (κ1) is 19.3. The fourth-order valence-electron chi connectivity index (χ4n) is 3.03. The molecule has 2 N–H and O–H groups in total. The lowest BCUT2D eigenvalue weighted by Gasteiger charge is -2.22. The molecule has 0 bridgehead atoms. The zero-order valence-electron chi connectivity index (χ0n) is 16.1. The van der Waals surface area contributed by atoms with Gasteiger partial charge in [0.05, 0.1) is 11.8 Å². The average molecular weight is 345 g/mol. The molecule has 5 nitrogen and oxygen atoms in total. The highest BCUT2D eigenvalue weighted by molar-refractivity contribution is 6.00. The van der Waals surface area contributed by atoms with E-state index in [-0.39, 0.29) is 29.7 Å². The highest BCUT2D eigenvalue weighted by Crippen LogP contribution is 2.40. The Hall–Kier alpha value is -2.04. The van der Waals surface area contributed by atoms with Crippen LogP contribution in [0, 0.1) is 18.8 Å². The lowest BCUT2D eigenvalue weighted by atomic mass is 10.1. The molecule has 1 aromatic rings. The number of hydrogen-bond acceptors (Lipinski definition) is 3. The quantitative estimate of drug-likeness (QED) is 0.760. The monoisotopic (exact) mass is 345 g/mol. The van der Waals surface area contributed by atoms with E-state index in [2.05, 4.69) is 35.4 Å². The molecular formula is C20H31N3O2. The maximum atomic E-state index is 12.4. The first-order valence-corrected chi connectivity index (χ1v) is 9.38. The second-order valence-electron chi connectivity index (χ2n) is 6.93. The third-order valence-electron chi connectivity index (χ3n) is 5.06. The number of carbonyl (C=O) groups excluding carboxylic acids is 2. The van der Waals surface area contributed by atoms with Gasteiger partial charge in [-0.2, -0.15) is 0 Å². The fraction of sp³-hybridized carbons (Fsp3) is 0.600. The largest absolute Gasteiger partial charge is 0.372 e. The zero-order valence-corrected chi connectivity index (χ0v) is 16.1. The highest BCUT2D eigenvalue weighted by Gasteiger charge is 2.48. The molecule has 3 atom stereocenters. The number of carbonyl (C=O) groups is 2. The normalized spacial score (nSPS) is 19.9. The van der Waals surface area contributed by atoms with Crippen molar-refractivity contribution in [2.75, 3.05) is 23.3 Å². The SMILES string of the molecule is CCC(C)NC(=O)C1CC1C(=O)Nc1ccc(N(CC)CC)cc1C. The number of anilines is 2. The molecule has 2 rings (SSSR count). The first-order valence-electron chi connectivity index (χ1n) is 9.38. The van der Waals surface area contributed by atoms with Gasteiger partial charge in [0, 0.05) is 30.5 Å². The Balaban J connectivity index is 1.95. The van der Waals surface area contributed by atoms with Crippen molar-refractivity contribution < 1.29 is 9.59 Å². The van der Waals surface area contributed by atoms with Crippen molar-refractivity contribution in [2.24, 2.45) is 11.8 Å². The molecule has 3 unspecified atom stereocenters. The Morgan fingerprint density at radius 1 is 1.16 bits per heavy atom. The van der Waals surface area contributed by atoms with Crippen LogP contribution in [0.4, 0.5) is 11.4 Å². The van der Waals surface area contributed by atoms with E-state index in [1.54, 1.807) is 0 Å². The van der Waals surface area contributed by atoms with Crippen molar-refractivity contribution in [3.05, 3.63) is 23.8 Å². The average Bonchev–Trinajstić information content (AvgIpc) is 3.39. The van der Waals surface area contributed by atoms with Gasteiger partial charge in [0.15, 0.2) is 0 Å². The van der Waals surface area contributed by atoms with Crippen LogP contribution in [0.5, 0.6) is 0 Å². The van der Waals surface area contributed by atoms with Gasteiger partial charge < -0.3 is 15.5 Å². The molecule has 0 aromatic heterocycles. The molecule has 1 saturated carbocycles. The van der Waals surface area contributed by atoms with E-state index in [0.717, 1.165) is 36.4 Å². The number of nitrogens with one attached hydrogen (secondary N) is 2. The number of amides is 2. The molecule has 0 aliphatic heterocycles. The van der Waals surface area contributed by atoms with Gasteiger partial charge in [0.2, 0.25) is 11.8 Å². The van der Waals surface area contributed by atoms with Gasteiger partial charge in [-0.1, -0.05) is 6.92 Å². The minimum atomic E-state index is -0.203. The Bertz CT molecular complexity index is 625. The molecular weight excluding hydrogens is 314 g/mol. The molecule has 1 aliphatic rings. The molecule has 0 radical (unpaired) electrons. The van der Waals surface area contributed by atoms with E-state index in [1.165, 1.54) is 0 Å². The highest BCUT2D eigenvalue weighted by atomic mass is 16.2. The van der Waals surface area contributed by atoms with E-state index >= 15 is 0 Å². The topological polar surface area (TPSA) is 61.4 Å². The van der Waals surface area contributed by atoms with Crippen LogP contribution in [-0.4, -0.2) is 30.9 Å². The summed E-state index contributed by atoms with van der Waals surface area (Å²) in [5, 5.41) is 5.95. The van der Waals surface area contributed by atoms with E-state index in [9.17, 15) is 9.59 Å². The number of aryl methyl sites for hydroxylation is 1. The van der Waals surface area contributed by atoms with Crippen LogP contribution in [0.1, 0.15) is 46.1 Å². The summed E-state index contributed by atoms with van der Waals surface area (Å²) in [6, 6.07) is 6.25. The van der Waals surface area contributed by atoms with E-state index < -0.39 is 0 Å². The van der Waals surface area contributed by atoms with Crippen LogP contribution >= 0.6 is 0 Å². The summed E-state index contributed by atoms with van der Waals surface area (Å²) in [6.07, 6.45) is 1.54. The number of benzene rings is 1.